The second-order valence-corrected chi connectivity index (χ2v) is 6.82. The Morgan fingerprint density at radius 1 is 1.10 bits per heavy atom. The smallest absolute Gasteiger partial charge is 0.305 e. The molecule has 0 amide bonds. The molecule has 0 aliphatic carbocycles. The Morgan fingerprint density at radius 2 is 1.79 bits per heavy atom. The van der Waals surface area contributed by atoms with Gasteiger partial charge in [0.2, 0.25) is 0 Å². The Hall–Kier alpha value is -1.84. The maximum absolute atomic E-state index is 11.0. The van der Waals surface area contributed by atoms with E-state index in [-0.39, 0.29) is 29.9 Å². The van der Waals surface area contributed by atoms with Crippen molar-refractivity contribution in [1.29, 1.82) is 0 Å². The minimum absolute atomic E-state index is 0. The second kappa shape index (κ2) is 14.2. The van der Waals surface area contributed by atoms with Crippen molar-refractivity contribution in [2.75, 3.05) is 27.2 Å². The van der Waals surface area contributed by atoms with Crippen LogP contribution in [0.3, 0.4) is 0 Å². The molecular weight excluding hydrogens is 481 g/mol. The normalized spacial score (nSPS) is 11.2. The molecule has 2 N–H and O–H groups in total. The Morgan fingerprint density at radius 3 is 2.52 bits per heavy atom. The number of esters is 1. The van der Waals surface area contributed by atoms with Crippen LogP contribution >= 0.6 is 24.0 Å². The lowest BCUT2D eigenvalue weighted by atomic mass is 10.1. The van der Waals surface area contributed by atoms with Crippen molar-refractivity contribution in [3.8, 4) is 0 Å². The molecule has 1 aromatic carbocycles. The summed E-state index contributed by atoms with van der Waals surface area (Å²) in [6.45, 7) is 4.71. The van der Waals surface area contributed by atoms with Crippen LogP contribution in [0.25, 0.3) is 11.0 Å². The van der Waals surface area contributed by atoms with E-state index in [1.54, 1.807) is 7.05 Å². The van der Waals surface area contributed by atoms with Crippen molar-refractivity contribution in [2.45, 2.75) is 52.0 Å². The maximum atomic E-state index is 11.0. The van der Waals surface area contributed by atoms with E-state index in [9.17, 15) is 4.79 Å². The Kier molecular flexibility index (Phi) is 12.3. The number of carbonyl (C=O) groups is 1. The van der Waals surface area contributed by atoms with E-state index >= 15 is 0 Å². The summed E-state index contributed by atoms with van der Waals surface area (Å²) in [5.41, 5.74) is 2.24. The number of hydrogen-bond donors (Lipinski definition) is 2. The van der Waals surface area contributed by atoms with E-state index in [0.29, 0.717) is 6.42 Å². The number of carbonyl (C=O) groups excluding carboxylic acids is 1. The van der Waals surface area contributed by atoms with Gasteiger partial charge < -0.3 is 19.9 Å². The zero-order chi connectivity index (χ0) is 20.2. The van der Waals surface area contributed by atoms with Crippen LogP contribution in [0.15, 0.2) is 29.3 Å². The van der Waals surface area contributed by atoms with Gasteiger partial charge in [-0.2, -0.15) is 0 Å². The fourth-order valence-corrected chi connectivity index (χ4v) is 3.20. The number of aromatic nitrogens is 2. The van der Waals surface area contributed by atoms with Gasteiger partial charge in [0, 0.05) is 33.1 Å². The van der Waals surface area contributed by atoms with Gasteiger partial charge in [0.1, 0.15) is 5.82 Å². The monoisotopic (exact) mass is 515 g/mol. The number of nitrogens with zero attached hydrogens (tertiary/aromatic N) is 3. The first-order valence-electron chi connectivity index (χ1n) is 10.1. The number of hydrogen-bond acceptors (Lipinski definition) is 4. The van der Waals surface area contributed by atoms with Gasteiger partial charge in [-0.25, -0.2) is 4.98 Å². The fraction of sp³-hybridized carbons (Fsp3) is 0.571. The molecule has 2 rings (SSSR count). The minimum atomic E-state index is -0.124. The molecule has 29 heavy (non-hydrogen) atoms. The number of ether oxygens (including phenoxy) is 1. The average molecular weight is 515 g/mol. The summed E-state index contributed by atoms with van der Waals surface area (Å²) in [5.74, 6) is 1.76. The summed E-state index contributed by atoms with van der Waals surface area (Å²) >= 11 is 0. The molecule has 0 saturated heterocycles. The third-order valence-corrected chi connectivity index (χ3v) is 4.75. The highest BCUT2D eigenvalue weighted by Gasteiger charge is 2.06. The highest BCUT2D eigenvalue weighted by molar-refractivity contribution is 14.0. The van der Waals surface area contributed by atoms with Crippen LogP contribution in [0.5, 0.6) is 0 Å². The quantitative estimate of drug-likeness (QED) is 0.157. The predicted octanol–water partition coefficient (Wildman–Crippen LogP) is 3.64. The predicted molar refractivity (Wildman–Crippen MR) is 129 cm³/mol. The van der Waals surface area contributed by atoms with Crippen LogP contribution < -0.4 is 10.6 Å². The number of fused-ring (bicyclic) bond motifs is 1. The lowest BCUT2D eigenvalue weighted by Gasteiger charge is -2.12. The molecule has 2 aromatic rings. The number of imidazole rings is 1. The number of rotatable bonds is 11. The van der Waals surface area contributed by atoms with Crippen molar-refractivity contribution < 1.29 is 9.53 Å². The zero-order valence-electron chi connectivity index (χ0n) is 17.7. The third-order valence-electron chi connectivity index (χ3n) is 4.75. The van der Waals surface area contributed by atoms with E-state index in [1.807, 2.05) is 6.07 Å². The Bertz CT molecular complexity index is 776. The third kappa shape index (κ3) is 8.59. The SMILES string of the molecule is CN=C(NCCCCCCC(=O)OC)NCCCn1c(C)nc2ccccc21.I. The molecule has 0 spiro atoms. The molecule has 0 unspecified atom stereocenters. The molecule has 1 heterocycles. The van der Waals surface area contributed by atoms with E-state index in [0.717, 1.165) is 69.0 Å². The van der Waals surface area contributed by atoms with Crippen LogP contribution in [0.2, 0.25) is 0 Å². The molecule has 0 atom stereocenters. The second-order valence-electron chi connectivity index (χ2n) is 6.82. The van der Waals surface area contributed by atoms with Gasteiger partial charge in [0.25, 0.3) is 0 Å². The first-order chi connectivity index (χ1) is 13.7. The summed E-state index contributed by atoms with van der Waals surface area (Å²) in [7, 11) is 3.23. The minimum Gasteiger partial charge on any atom is -0.469 e. The van der Waals surface area contributed by atoms with E-state index < -0.39 is 0 Å². The van der Waals surface area contributed by atoms with Crippen molar-refractivity contribution in [1.82, 2.24) is 20.2 Å². The summed E-state index contributed by atoms with van der Waals surface area (Å²) in [6.07, 6.45) is 5.59. The van der Waals surface area contributed by atoms with Crippen LogP contribution in [0, 0.1) is 6.92 Å². The van der Waals surface area contributed by atoms with Crippen molar-refractivity contribution >= 4 is 46.9 Å². The van der Waals surface area contributed by atoms with Crippen LogP contribution in [-0.2, 0) is 16.1 Å². The summed E-state index contributed by atoms with van der Waals surface area (Å²) in [4.78, 5) is 19.9. The van der Waals surface area contributed by atoms with Gasteiger partial charge in [0.15, 0.2) is 5.96 Å². The number of methoxy groups -OCH3 is 1. The fourth-order valence-electron chi connectivity index (χ4n) is 3.20. The molecule has 8 heteroatoms. The first kappa shape index (κ1) is 25.2. The summed E-state index contributed by atoms with van der Waals surface area (Å²) in [5, 5.41) is 6.71. The average Bonchev–Trinajstić information content (AvgIpc) is 3.03. The largest absolute Gasteiger partial charge is 0.469 e. The molecule has 0 saturated carbocycles. The standard InChI is InChI=1S/C21H33N5O2.HI/c1-17-25-18-11-7-8-12-19(18)26(17)16-10-15-24-21(22-2)23-14-9-5-4-6-13-20(27)28-3;/h7-8,11-12H,4-6,9-10,13-16H2,1-3H3,(H2,22,23,24);1H. The summed E-state index contributed by atoms with van der Waals surface area (Å²) < 4.78 is 6.91. The molecule has 7 nitrogen and oxygen atoms in total. The molecule has 0 radical (unpaired) electrons. The molecule has 1 aromatic heterocycles. The van der Waals surface area contributed by atoms with Crippen LogP contribution in [0.4, 0.5) is 0 Å². The molecule has 0 fully saturated rings. The highest BCUT2D eigenvalue weighted by atomic mass is 127. The number of aliphatic imine (C=N–C) groups is 1. The maximum Gasteiger partial charge on any atom is 0.305 e. The lowest BCUT2D eigenvalue weighted by Crippen LogP contribution is -2.38. The van der Waals surface area contributed by atoms with Gasteiger partial charge in [-0.05, 0) is 38.3 Å². The number of aryl methyl sites for hydroxylation is 2. The number of guanidine groups is 1. The van der Waals surface area contributed by atoms with E-state index in [2.05, 4.69) is 55.0 Å². The van der Waals surface area contributed by atoms with Crippen molar-refractivity contribution in [3.63, 3.8) is 0 Å². The molecular formula is C21H34IN5O2. The molecule has 162 valence electrons. The number of halogens is 1. The molecule has 0 aliphatic rings. The van der Waals surface area contributed by atoms with Crippen LogP contribution in [-0.4, -0.2) is 48.7 Å². The van der Waals surface area contributed by atoms with E-state index in [1.165, 1.54) is 12.6 Å². The number of para-hydroxylation sites is 2. The Labute approximate surface area is 190 Å². The summed E-state index contributed by atoms with van der Waals surface area (Å²) in [6, 6.07) is 8.25. The van der Waals surface area contributed by atoms with Gasteiger partial charge in [-0.1, -0.05) is 25.0 Å². The zero-order valence-corrected chi connectivity index (χ0v) is 20.1. The van der Waals surface area contributed by atoms with Gasteiger partial charge >= 0.3 is 5.97 Å². The van der Waals surface area contributed by atoms with Gasteiger partial charge in [-0.15, -0.1) is 24.0 Å². The van der Waals surface area contributed by atoms with E-state index in [4.69, 9.17) is 0 Å². The van der Waals surface area contributed by atoms with Crippen LogP contribution in [0.1, 0.15) is 44.3 Å². The molecule has 0 bridgehead atoms. The topological polar surface area (TPSA) is 80.5 Å². The lowest BCUT2D eigenvalue weighted by molar-refractivity contribution is -0.140. The number of benzene rings is 1. The number of nitrogens with one attached hydrogen (secondary N) is 2. The van der Waals surface area contributed by atoms with Crippen molar-refractivity contribution in [2.24, 2.45) is 4.99 Å². The van der Waals surface area contributed by atoms with Gasteiger partial charge in [0.05, 0.1) is 18.1 Å². The highest BCUT2D eigenvalue weighted by Crippen LogP contribution is 2.15. The number of unbranched alkanes of at least 4 members (excludes halogenated alkanes) is 3. The Balaban J connectivity index is 0.00000420. The first-order valence-corrected chi connectivity index (χ1v) is 10.1. The van der Waals surface area contributed by atoms with Crippen molar-refractivity contribution in [3.05, 3.63) is 30.1 Å². The molecule has 0 aliphatic heterocycles. The van der Waals surface area contributed by atoms with Gasteiger partial charge in [-0.3, -0.25) is 9.79 Å².